The van der Waals surface area contributed by atoms with E-state index in [1.807, 2.05) is 45.0 Å². The standard InChI is InChI=1S/C22H25ClN2O3/c1-21(2,3)28-20(27)25-22(12-5-13-22)16-8-10-18(11-9-16)24-19(26)15-6-4-7-17(23)14-15/h4,6-11,14H,5,12-13H2,1-3H3,(H,24,26)(H,25,27). The van der Waals surface area contributed by atoms with Gasteiger partial charge in [-0.05, 0) is 75.9 Å². The molecule has 0 aliphatic heterocycles. The van der Waals surface area contributed by atoms with Crippen LogP contribution in [0.4, 0.5) is 10.5 Å². The minimum absolute atomic E-state index is 0.222. The Labute approximate surface area is 170 Å². The lowest BCUT2D eigenvalue weighted by Gasteiger charge is -2.43. The Kier molecular flexibility index (Phi) is 5.66. The molecular formula is C22H25ClN2O3. The molecule has 2 amide bonds. The molecule has 1 aliphatic rings. The molecule has 28 heavy (non-hydrogen) atoms. The summed E-state index contributed by atoms with van der Waals surface area (Å²) in [6.07, 6.45) is 2.36. The van der Waals surface area contributed by atoms with Crippen molar-refractivity contribution in [2.24, 2.45) is 0 Å². The first-order valence-electron chi connectivity index (χ1n) is 9.36. The van der Waals surface area contributed by atoms with Crippen molar-refractivity contribution in [2.75, 3.05) is 5.32 Å². The maximum atomic E-state index is 12.4. The van der Waals surface area contributed by atoms with Crippen LogP contribution in [0.5, 0.6) is 0 Å². The van der Waals surface area contributed by atoms with Gasteiger partial charge in [-0.25, -0.2) is 4.79 Å². The van der Waals surface area contributed by atoms with Gasteiger partial charge >= 0.3 is 6.09 Å². The molecule has 0 spiro atoms. The highest BCUT2D eigenvalue weighted by Gasteiger charge is 2.41. The van der Waals surface area contributed by atoms with Gasteiger partial charge in [-0.15, -0.1) is 0 Å². The van der Waals surface area contributed by atoms with E-state index >= 15 is 0 Å². The van der Waals surface area contributed by atoms with Crippen molar-refractivity contribution in [1.82, 2.24) is 5.32 Å². The highest BCUT2D eigenvalue weighted by molar-refractivity contribution is 6.31. The molecule has 2 N–H and O–H groups in total. The Morgan fingerprint density at radius 2 is 1.75 bits per heavy atom. The molecule has 0 unspecified atom stereocenters. The van der Waals surface area contributed by atoms with Gasteiger partial charge in [0.2, 0.25) is 0 Å². The van der Waals surface area contributed by atoms with Crippen LogP contribution in [-0.2, 0) is 10.3 Å². The topological polar surface area (TPSA) is 67.4 Å². The van der Waals surface area contributed by atoms with Crippen molar-refractivity contribution in [3.05, 3.63) is 64.7 Å². The predicted octanol–water partition coefficient (Wildman–Crippen LogP) is 5.50. The summed E-state index contributed by atoms with van der Waals surface area (Å²) < 4.78 is 5.41. The van der Waals surface area contributed by atoms with Crippen molar-refractivity contribution in [3.8, 4) is 0 Å². The molecule has 2 aromatic carbocycles. The van der Waals surface area contributed by atoms with E-state index in [2.05, 4.69) is 10.6 Å². The Bertz CT molecular complexity index is 868. The van der Waals surface area contributed by atoms with E-state index in [0.717, 1.165) is 24.8 Å². The van der Waals surface area contributed by atoms with E-state index in [1.54, 1.807) is 24.3 Å². The van der Waals surface area contributed by atoms with Crippen molar-refractivity contribution in [3.63, 3.8) is 0 Å². The second kappa shape index (κ2) is 7.84. The molecule has 0 radical (unpaired) electrons. The summed E-state index contributed by atoms with van der Waals surface area (Å²) >= 11 is 5.94. The number of alkyl carbamates (subject to hydrolysis) is 1. The Morgan fingerprint density at radius 3 is 2.29 bits per heavy atom. The summed E-state index contributed by atoms with van der Waals surface area (Å²) in [5.74, 6) is -0.222. The number of hydrogen-bond donors (Lipinski definition) is 2. The van der Waals surface area contributed by atoms with Gasteiger partial charge in [0.05, 0.1) is 5.54 Å². The van der Waals surface area contributed by atoms with E-state index in [1.165, 1.54) is 0 Å². The Morgan fingerprint density at radius 1 is 1.07 bits per heavy atom. The van der Waals surface area contributed by atoms with Gasteiger partial charge < -0.3 is 15.4 Å². The quantitative estimate of drug-likeness (QED) is 0.712. The zero-order chi connectivity index (χ0) is 20.4. The van der Waals surface area contributed by atoms with Gasteiger partial charge in [0.1, 0.15) is 5.60 Å². The molecule has 3 rings (SSSR count). The van der Waals surface area contributed by atoms with Gasteiger partial charge in [0, 0.05) is 16.3 Å². The van der Waals surface area contributed by atoms with Gasteiger partial charge in [-0.2, -0.15) is 0 Å². The number of rotatable bonds is 4. The zero-order valence-corrected chi connectivity index (χ0v) is 17.1. The third-order valence-corrected chi connectivity index (χ3v) is 4.96. The minimum atomic E-state index is -0.538. The van der Waals surface area contributed by atoms with Gasteiger partial charge in [0.25, 0.3) is 5.91 Å². The molecule has 0 aromatic heterocycles. The lowest BCUT2D eigenvalue weighted by molar-refractivity contribution is 0.0377. The van der Waals surface area contributed by atoms with E-state index in [0.29, 0.717) is 16.3 Å². The number of carbonyl (C=O) groups is 2. The van der Waals surface area contributed by atoms with Crippen LogP contribution in [0.2, 0.25) is 5.02 Å². The molecular weight excluding hydrogens is 376 g/mol. The van der Waals surface area contributed by atoms with E-state index in [-0.39, 0.29) is 5.91 Å². The Balaban J connectivity index is 1.69. The average Bonchev–Trinajstić information content (AvgIpc) is 2.57. The fraction of sp³-hybridized carbons (Fsp3) is 0.364. The van der Waals surface area contributed by atoms with E-state index < -0.39 is 17.2 Å². The summed E-state index contributed by atoms with van der Waals surface area (Å²) in [4.78, 5) is 24.6. The van der Waals surface area contributed by atoms with Crippen LogP contribution in [0, 0.1) is 0 Å². The van der Waals surface area contributed by atoms with Gasteiger partial charge in [0.15, 0.2) is 0 Å². The second-order valence-corrected chi connectivity index (χ2v) is 8.54. The molecule has 0 bridgehead atoms. The number of amides is 2. The molecule has 2 aromatic rings. The smallest absolute Gasteiger partial charge is 0.408 e. The fourth-order valence-corrected chi connectivity index (χ4v) is 3.41. The maximum absolute atomic E-state index is 12.4. The summed E-state index contributed by atoms with van der Waals surface area (Å²) in [7, 11) is 0. The first-order valence-corrected chi connectivity index (χ1v) is 9.73. The Hall–Kier alpha value is -2.53. The first-order chi connectivity index (χ1) is 13.2. The third kappa shape index (κ3) is 4.84. The van der Waals surface area contributed by atoms with Crippen LogP contribution < -0.4 is 10.6 Å². The van der Waals surface area contributed by atoms with Crippen LogP contribution in [0.1, 0.15) is 56.0 Å². The lowest BCUT2D eigenvalue weighted by Crippen LogP contribution is -2.52. The van der Waals surface area contributed by atoms with Gasteiger partial charge in [-0.1, -0.05) is 29.8 Å². The van der Waals surface area contributed by atoms with Crippen LogP contribution >= 0.6 is 11.6 Å². The number of ether oxygens (including phenoxy) is 1. The normalized spacial score (nSPS) is 15.3. The monoisotopic (exact) mass is 400 g/mol. The average molecular weight is 401 g/mol. The predicted molar refractivity (Wildman–Crippen MR) is 111 cm³/mol. The first kappa shape index (κ1) is 20.2. The lowest BCUT2D eigenvalue weighted by atomic mass is 9.72. The minimum Gasteiger partial charge on any atom is -0.444 e. The summed E-state index contributed by atoms with van der Waals surface area (Å²) in [5.41, 5.74) is 1.24. The molecule has 1 saturated carbocycles. The third-order valence-electron chi connectivity index (χ3n) is 4.73. The summed E-state index contributed by atoms with van der Waals surface area (Å²) in [6, 6.07) is 14.4. The molecule has 1 fully saturated rings. The molecule has 0 heterocycles. The van der Waals surface area contributed by atoms with Crippen molar-refractivity contribution in [2.45, 2.75) is 51.2 Å². The highest BCUT2D eigenvalue weighted by Crippen LogP contribution is 2.41. The zero-order valence-electron chi connectivity index (χ0n) is 16.3. The fourth-order valence-electron chi connectivity index (χ4n) is 3.22. The SMILES string of the molecule is CC(C)(C)OC(=O)NC1(c2ccc(NC(=O)c3cccc(Cl)c3)cc2)CCC1. The molecule has 1 aliphatic carbocycles. The van der Waals surface area contributed by atoms with E-state index in [4.69, 9.17) is 16.3 Å². The van der Waals surface area contributed by atoms with Crippen molar-refractivity contribution < 1.29 is 14.3 Å². The molecule has 0 saturated heterocycles. The summed E-state index contributed by atoms with van der Waals surface area (Å²) in [5, 5.41) is 6.41. The largest absolute Gasteiger partial charge is 0.444 e. The number of halogens is 1. The van der Waals surface area contributed by atoms with Crippen LogP contribution in [0.15, 0.2) is 48.5 Å². The number of nitrogens with one attached hydrogen (secondary N) is 2. The molecule has 0 atom stereocenters. The number of anilines is 1. The van der Waals surface area contributed by atoms with Crippen molar-refractivity contribution >= 4 is 29.3 Å². The summed E-state index contributed by atoms with van der Waals surface area (Å²) in [6.45, 7) is 5.53. The second-order valence-electron chi connectivity index (χ2n) is 8.10. The maximum Gasteiger partial charge on any atom is 0.408 e. The molecule has 148 valence electrons. The number of hydrogen-bond acceptors (Lipinski definition) is 3. The molecule has 5 nitrogen and oxygen atoms in total. The molecule has 6 heteroatoms. The number of carbonyl (C=O) groups excluding carboxylic acids is 2. The highest BCUT2D eigenvalue weighted by atomic mass is 35.5. The van der Waals surface area contributed by atoms with Crippen molar-refractivity contribution in [1.29, 1.82) is 0 Å². The van der Waals surface area contributed by atoms with Crippen LogP contribution in [0.3, 0.4) is 0 Å². The van der Waals surface area contributed by atoms with Gasteiger partial charge in [-0.3, -0.25) is 4.79 Å². The van der Waals surface area contributed by atoms with Crippen LogP contribution in [-0.4, -0.2) is 17.6 Å². The number of benzene rings is 2. The van der Waals surface area contributed by atoms with Crippen LogP contribution in [0.25, 0.3) is 0 Å². The van der Waals surface area contributed by atoms with E-state index in [9.17, 15) is 9.59 Å².